The number of carbonyl (C=O) groups excluding carboxylic acids is 2. The Morgan fingerprint density at radius 1 is 0.756 bits per heavy atom. The fraction of sp³-hybridized carbons (Fsp3) is 0.0667. The van der Waals surface area contributed by atoms with E-state index in [0.29, 0.717) is 33.0 Å². The van der Waals surface area contributed by atoms with Crippen molar-refractivity contribution in [3.8, 4) is 17.2 Å². The predicted octanol–water partition coefficient (Wildman–Crippen LogP) is 5.02. The summed E-state index contributed by atoms with van der Waals surface area (Å²) < 4.78 is 0. The number of hydrogen-bond acceptors (Lipinski definition) is 8. The molecule has 0 aromatic heterocycles. The lowest BCUT2D eigenvalue weighted by atomic mass is 10.1. The van der Waals surface area contributed by atoms with Crippen LogP contribution in [0.5, 0.6) is 17.2 Å². The lowest BCUT2D eigenvalue weighted by Gasteiger charge is -2.06. The lowest BCUT2D eigenvalue weighted by Crippen LogP contribution is -2.18. The molecule has 4 aromatic carbocycles. The number of benzene rings is 4. The van der Waals surface area contributed by atoms with Crippen LogP contribution in [0, 0.1) is 6.92 Å². The number of para-hydroxylation sites is 1. The molecule has 10 nitrogen and oxygen atoms in total. The largest absolute Gasteiger partial charge is 0.508 e. The van der Waals surface area contributed by atoms with Gasteiger partial charge in [0.25, 0.3) is 11.8 Å². The summed E-state index contributed by atoms with van der Waals surface area (Å²) in [7, 11) is 1.72. The van der Waals surface area contributed by atoms with E-state index in [1.807, 2.05) is 19.1 Å². The number of aryl methyl sites for hydroxylation is 1. The molecule has 0 saturated carbocycles. The maximum Gasteiger partial charge on any atom is 0.273 e. The SMILES string of the molecule is CNc1ccccc1C(=O)NN=Cc1cc(O)ccc1O.Cc1cccc(C(=O)NN=Cc2cc(Cl)ccc2O)c1. The fourth-order valence-corrected chi connectivity index (χ4v) is 3.59. The standard InChI is InChI=1S/C15H13ClN2O2.C15H15N3O3/c1-10-3-2-4-11(7-10)15(20)18-17-9-12-8-13(16)5-6-14(12)19;1-16-13-5-3-2-4-12(13)15(21)18-17-9-10-8-11(19)6-7-14(10)20/h2-9,19H,1H3,(H,18,20);2-9,16,19-20H,1H3,(H,18,21). The van der Waals surface area contributed by atoms with Crippen molar-refractivity contribution >= 4 is 41.5 Å². The molecule has 2 amide bonds. The third-order valence-corrected chi connectivity index (χ3v) is 5.70. The van der Waals surface area contributed by atoms with Gasteiger partial charge in [0.2, 0.25) is 0 Å². The first kappa shape index (κ1) is 30.2. The third-order valence-electron chi connectivity index (χ3n) is 5.46. The van der Waals surface area contributed by atoms with Gasteiger partial charge in [-0.3, -0.25) is 9.59 Å². The zero-order valence-electron chi connectivity index (χ0n) is 22.2. The molecule has 11 heteroatoms. The summed E-state index contributed by atoms with van der Waals surface area (Å²) in [4.78, 5) is 23.8. The van der Waals surface area contributed by atoms with Gasteiger partial charge < -0.3 is 20.6 Å². The zero-order valence-corrected chi connectivity index (χ0v) is 22.9. The number of nitrogens with zero attached hydrogens (tertiary/aromatic N) is 2. The number of nitrogens with one attached hydrogen (secondary N) is 3. The molecule has 41 heavy (non-hydrogen) atoms. The number of carbonyl (C=O) groups is 2. The summed E-state index contributed by atoms with van der Waals surface area (Å²) in [6, 6.07) is 22.8. The molecule has 4 rings (SSSR count). The Bertz CT molecular complexity index is 1590. The van der Waals surface area contributed by atoms with Crippen molar-refractivity contribution in [2.24, 2.45) is 10.2 Å². The van der Waals surface area contributed by atoms with Gasteiger partial charge in [-0.25, -0.2) is 10.9 Å². The van der Waals surface area contributed by atoms with Gasteiger partial charge in [-0.15, -0.1) is 0 Å². The first-order valence-corrected chi connectivity index (χ1v) is 12.6. The lowest BCUT2D eigenvalue weighted by molar-refractivity contribution is 0.0947. The second-order valence-corrected chi connectivity index (χ2v) is 8.95. The van der Waals surface area contributed by atoms with Crippen LogP contribution in [-0.2, 0) is 0 Å². The van der Waals surface area contributed by atoms with E-state index in [2.05, 4.69) is 26.4 Å². The Balaban J connectivity index is 0.000000226. The van der Waals surface area contributed by atoms with E-state index in [0.717, 1.165) is 5.56 Å². The normalized spacial score (nSPS) is 10.6. The highest BCUT2D eigenvalue weighted by Gasteiger charge is 2.09. The minimum absolute atomic E-state index is 0.00102. The van der Waals surface area contributed by atoms with Crippen LogP contribution in [0.4, 0.5) is 5.69 Å². The van der Waals surface area contributed by atoms with E-state index in [-0.39, 0.29) is 29.1 Å². The molecule has 0 radical (unpaired) electrons. The molecule has 6 N–H and O–H groups in total. The first-order valence-electron chi connectivity index (χ1n) is 12.2. The summed E-state index contributed by atoms with van der Waals surface area (Å²) in [5, 5.41) is 39.5. The maximum atomic E-state index is 12.0. The fourth-order valence-electron chi connectivity index (χ4n) is 3.41. The molecule has 210 valence electrons. The van der Waals surface area contributed by atoms with E-state index in [9.17, 15) is 24.9 Å². The van der Waals surface area contributed by atoms with Gasteiger partial charge in [0.1, 0.15) is 17.2 Å². The highest BCUT2D eigenvalue weighted by Crippen LogP contribution is 2.21. The quantitative estimate of drug-likeness (QED) is 0.104. The molecule has 0 spiro atoms. The molecule has 0 saturated heterocycles. The molecular formula is C30H28ClN5O5. The van der Waals surface area contributed by atoms with Gasteiger partial charge in [-0.1, -0.05) is 41.4 Å². The van der Waals surface area contributed by atoms with Crippen LogP contribution in [-0.4, -0.2) is 46.6 Å². The van der Waals surface area contributed by atoms with Crippen molar-refractivity contribution in [3.63, 3.8) is 0 Å². The molecule has 0 atom stereocenters. The predicted molar refractivity (Wildman–Crippen MR) is 160 cm³/mol. The van der Waals surface area contributed by atoms with Crippen LogP contribution < -0.4 is 16.2 Å². The number of hydrogen-bond donors (Lipinski definition) is 6. The summed E-state index contributed by atoms with van der Waals surface area (Å²) in [6.07, 6.45) is 2.60. The smallest absolute Gasteiger partial charge is 0.273 e. The maximum absolute atomic E-state index is 12.0. The van der Waals surface area contributed by atoms with Crippen LogP contribution in [0.15, 0.2) is 95.1 Å². The minimum Gasteiger partial charge on any atom is -0.508 e. The molecule has 0 fully saturated rings. The van der Waals surface area contributed by atoms with E-state index in [1.165, 1.54) is 36.7 Å². The van der Waals surface area contributed by atoms with Crippen LogP contribution >= 0.6 is 11.6 Å². The Morgan fingerprint density at radius 3 is 2.07 bits per heavy atom. The monoisotopic (exact) mass is 573 g/mol. The van der Waals surface area contributed by atoms with Crippen molar-refractivity contribution in [2.75, 3.05) is 12.4 Å². The Hall–Kier alpha value is -5.35. The van der Waals surface area contributed by atoms with E-state index in [1.54, 1.807) is 55.6 Å². The summed E-state index contributed by atoms with van der Waals surface area (Å²) >= 11 is 5.81. The number of rotatable bonds is 7. The average molecular weight is 574 g/mol. The van der Waals surface area contributed by atoms with E-state index >= 15 is 0 Å². The second-order valence-electron chi connectivity index (χ2n) is 8.51. The Morgan fingerprint density at radius 2 is 1.39 bits per heavy atom. The number of aromatic hydroxyl groups is 3. The highest BCUT2D eigenvalue weighted by atomic mass is 35.5. The van der Waals surface area contributed by atoms with Gasteiger partial charge in [0.15, 0.2) is 0 Å². The van der Waals surface area contributed by atoms with Crippen molar-refractivity contribution in [3.05, 3.63) is 118 Å². The molecule has 0 heterocycles. The number of phenols is 3. The van der Waals surface area contributed by atoms with Gasteiger partial charge >= 0.3 is 0 Å². The van der Waals surface area contributed by atoms with Gasteiger partial charge in [-0.2, -0.15) is 10.2 Å². The zero-order chi connectivity index (χ0) is 29.8. The Kier molecular flexibility index (Phi) is 10.8. The highest BCUT2D eigenvalue weighted by molar-refractivity contribution is 6.30. The molecule has 0 aliphatic heterocycles. The topological polar surface area (TPSA) is 156 Å². The Labute approximate surface area is 241 Å². The van der Waals surface area contributed by atoms with Crippen LogP contribution in [0.3, 0.4) is 0 Å². The molecule has 0 unspecified atom stereocenters. The summed E-state index contributed by atoms with van der Waals surface area (Å²) in [5.74, 6) is -0.687. The minimum atomic E-state index is -0.379. The number of hydrazone groups is 2. The van der Waals surface area contributed by atoms with Crippen LogP contribution in [0.1, 0.15) is 37.4 Å². The third kappa shape index (κ3) is 9.12. The van der Waals surface area contributed by atoms with Crippen LogP contribution in [0.2, 0.25) is 5.02 Å². The molecule has 0 aliphatic rings. The van der Waals surface area contributed by atoms with Crippen molar-refractivity contribution in [1.29, 1.82) is 0 Å². The van der Waals surface area contributed by atoms with Crippen molar-refractivity contribution in [2.45, 2.75) is 6.92 Å². The number of anilines is 1. The number of halogens is 1. The van der Waals surface area contributed by atoms with Crippen LogP contribution in [0.25, 0.3) is 0 Å². The molecular weight excluding hydrogens is 546 g/mol. The average Bonchev–Trinajstić information content (AvgIpc) is 2.96. The van der Waals surface area contributed by atoms with E-state index in [4.69, 9.17) is 11.6 Å². The molecule has 0 aliphatic carbocycles. The first-order chi connectivity index (χ1) is 19.7. The molecule has 0 bridgehead atoms. The molecule has 4 aromatic rings. The summed E-state index contributed by atoms with van der Waals surface area (Å²) in [6.45, 7) is 1.91. The van der Waals surface area contributed by atoms with Crippen molar-refractivity contribution < 1.29 is 24.9 Å². The summed E-state index contributed by atoms with van der Waals surface area (Å²) in [5.41, 5.74) is 8.16. The second kappa shape index (κ2) is 14.7. The van der Waals surface area contributed by atoms with Gasteiger partial charge in [-0.05, 0) is 67.6 Å². The van der Waals surface area contributed by atoms with E-state index < -0.39 is 0 Å². The van der Waals surface area contributed by atoms with Crippen molar-refractivity contribution in [1.82, 2.24) is 10.9 Å². The van der Waals surface area contributed by atoms with Gasteiger partial charge in [0.05, 0.1) is 18.0 Å². The number of amides is 2. The number of phenolic OH excluding ortho intramolecular Hbond substituents is 3. The van der Waals surface area contributed by atoms with Gasteiger partial charge in [0, 0.05) is 34.4 Å².